The van der Waals surface area contributed by atoms with E-state index in [-0.39, 0.29) is 18.7 Å². The van der Waals surface area contributed by atoms with Crippen molar-refractivity contribution in [1.82, 2.24) is 0 Å². The molecule has 1 unspecified atom stereocenters. The predicted molar refractivity (Wildman–Crippen MR) is 72.4 cm³/mol. The number of unbranched alkanes of at least 4 members (excludes halogenated alkanes) is 3. The number of phosphoric ester groups is 1. The van der Waals surface area contributed by atoms with Crippen LogP contribution < -0.4 is 0 Å². The number of phosphoric acid groups is 1. The molecule has 0 heterocycles. The lowest BCUT2D eigenvalue weighted by Gasteiger charge is -2.24. The third-order valence-corrected chi connectivity index (χ3v) is 3.29. The Morgan fingerprint density at radius 2 is 1.61 bits per heavy atom. The van der Waals surface area contributed by atoms with Crippen molar-refractivity contribution in [3.63, 3.8) is 0 Å². The van der Waals surface area contributed by atoms with Crippen LogP contribution in [0, 0.1) is 0 Å². The molecule has 0 aliphatic rings. The summed E-state index contributed by atoms with van der Waals surface area (Å²) >= 11 is 0. The summed E-state index contributed by atoms with van der Waals surface area (Å²) in [6.45, 7) is 3.31. The zero-order valence-electron chi connectivity index (χ0n) is 12.0. The molecule has 3 N–H and O–H groups in total. The number of rotatable bonds is 10. The first-order valence-corrected chi connectivity index (χ1v) is 7.69. The molecular formula is C11H29NO5P+. The molecule has 0 aliphatic carbocycles. The molecule has 0 saturated carbocycles. The third kappa shape index (κ3) is 14.1. The first-order valence-electron chi connectivity index (χ1n) is 6.19. The molecule has 1 atom stereocenters. The smallest absolute Gasteiger partial charge is 0.412 e. The lowest BCUT2D eigenvalue weighted by Crippen LogP contribution is -2.37. The van der Waals surface area contributed by atoms with Gasteiger partial charge in [0.2, 0.25) is 0 Å². The van der Waals surface area contributed by atoms with Gasteiger partial charge in [-0.3, -0.25) is 9.05 Å². The molecule has 0 rings (SSSR count). The van der Waals surface area contributed by atoms with Crippen LogP contribution in [-0.4, -0.2) is 55.8 Å². The van der Waals surface area contributed by atoms with Crippen molar-refractivity contribution >= 4 is 7.82 Å². The standard InChI is InChI=1S/C11H26NO4P.H2O/c1-5-6-7-8-10-15-17(13,14)16-11-9-12(2,3)4;/h5-11H2,1-4H3;1H2/p+1. The second-order valence-electron chi connectivity index (χ2n) is 5.21. The number of nitrogens with zero attached hydrogens (tertiary/aromatic N) is 1. The summed E-state index contributed by atoms with van der Waals surface area (Å²) in [4.78, 5) is 9.37. The van der Waals surface area contributed by atoms with Gasteiger partial charge in [-0.25, -0.2) is 4.57 Å². The Bertz CT molecular complexity index is 242. The lowest BCUT2D eigenvalue weighted by molar-refractivity contribution is -0.870. The summed E-state index contributed by atoms with van der Waals surface area (Å²) < 4.78 is 21.9. The highest BCUT2D eigenvalue weighted by Gasteiger charge is 2.21. The summed E-state index contributed by atoms with van der Waals surface area (Å²) in [6.07, 6.45) is 4.09. The van der Waals surface area contributed by atoms with Crippen LogP contribution in [0.3, 0.4) is 0 Å². The van der Waals surface area contributed by atoms with Crippen LogP contribution in [0.1, 0.15) is 32.6 Å². The first kappa shape index (κ1) is 20.3. The van der Waals surface area contributed by atoms with Gasteiger partial charge in [-0.15, -0.1) is 0 Å². The van der Waals surface area contributed by atoms with Gasteiger partial charge in [0.05, 0.1) is 27.7 Å². The van der Waals surface area contributed by atoms with E-state index in [2.05, 4.69) is 6.92 Å². The summed E-state index contributed by atoms with van der Waals surface area (Å²) in [5.41, 5.74) is 0. The Morgan fingerprint density at radius 1 is 1.06 bits per heavy atom. The van der Waals surface area contributed by atoms with E-state index in [0.717, 1.165) is 25.7 Å². The molecule has 0 aromatic rings. The first-order chi connectivity index (χ1) is 7.77. The zero-order valence-corrected chi connectivity index (χ0v) is 12.9. The maximum absolute atomic E-state index is 11.4. The second-order valence-corrected chi connectivity index (χ2v) is 6.66. The molecule has 6 nitrogen and oxygen atoms in total. The summed E-state index contributed by atoms with van der Waals surface area (Å²) in [5.74, 6) is 0. The number of hydrogen-bond acceptors (Lipinski definition) is 3. The van der Waals surface area contributed by atoms with Crippen LogP contribution in [-0.2, 0) is 13.6 Å². The van der Waals surface area contributed by atoms with E-state index in [1.807, 2.05) is 21.1 Å². The summed E-state index contributed by atoms with van der Waals surface area (Å²) in [6, 6.07) is 0. The average Bonchev–Trinajstić information content (AvgIpc) is 2.14. The Balaban J connectivity index is 0. The minimum Gasteiger partial charge on any atom is -0.412 e. The van der Waals surface area contributed by atoms with E-state index in [9.17, 15) is 9.46 Å². The van der Waals surface area contributed by atoms with E-state index in [1.54, 1.807) is 0 Å². The molecular weight excluding hydrogens is 257 g/mol. The molecule has 18 heavy (non-hydrogen) atoms. The molecule has 0 spiro atoms. The molecule has 0 saturated heterocycles. The van der Waals surface area contributed by atoms with Gasteiger partial charge in [0, 0.05) is 0 Å². The molecule has 0 aromatic carbocycles. The van der Waals surface area contributed by atoms with Gasteiger partial charge in [-0.1, -0.05) is 26.2 Å². The summed E-state index contributed by atoms with van der Waals surface area (Å²) in [5, 5.41) is 0. The van der Waals surface area contributed by atoms with Crippen LogP contribution in [0.2, 0.25) is 0 Å². The van der Waals surface area contributed by atoms with Crippen LogP contribution in [0.25, 0.3) is 0 Å². The van der Waals surface area contributed by atoms with E-state index >= 15 is 0 Å². The topological polar surface area (TPSA) is 87.3 Å². The molecule has 0 amide bonds. The van der Waals surface area contributed by atoms with Gasteiger partial charge in [0.15, 0.2) is 0 Å². The lowest BCUT2D eigenvalue weighted by atomic mass is 10.2. The number of hydrogen-bond donors (Lipinski definition) is 1. The summed E-state index contributed by atoms with van der Waals surface area (Å²) in [7, 11) is 2.15. The van der Waals surface area contributed by atoms with Crippen LogP contribution in [0.4, 0.5) is 0 Å². The van der Waals surface area contributed by atoms with Crippen molar-refractivity contribution in [2.24, 2.45) is 0 Å². The van der Waals surface area contributed by atoms with Gasteiger partial charge in [-0.05, 0) is 6.42 Å². The Labute approximate surface area is 110 Å². The third-order valence-electron chi connectivity index (χ3n) is 2.27. The molecule has 112 valence electrons. The second kappa shape index (κ2) is 9.89. The quantitative estimate of drug-likeness (QED) is 0.375. The molecule has 0 aromatic heterocycles. The van der Waals surface area contributed by atoms with E-state index in [4.69, 9.17) is 9.05 Å². The van der Waals surface area contributed by atoms with Crippen molar-refractivity contribution in [2.75, 3.05) is 40.9 Å². The van der Waals surface area contributed by atoms with Gasteiger partial charge >= 0.3 is 7.82 Å². The fraction of sp³-hybridized carbons (Fsp3) is 1.00. The Hall–Kier alpha value is 0.0300. The fourth-order valence-electron chi connectivity index (χ4n) is 1.18. The van der Waals surface area contributed by atoms with E-state index in [1.165, 1.54) is 0 Å². The monoisotopic (exact) mass is 286 g/mol. The maximum atomic E-state index is 11.4. The highest BCUT2D eigenvalue weighted by molar-refractivity contribution is 7.47. The van der Waals surface area contributed by atoms with Crippen molar-refractivity contribution in [2.45, 2.75) is 32.6 Å². The minimum absolute atomic E-state index is 0. The average molecular weight is 286 g/mol. The van der Waals surface area contributed by atoms with Gasteiger partial charge in [0.25, 0.3) is 0 Å². The fourth-order valence-corrected chi connectivity index (χ4v) is 1.92. The maximum Gasteiger partial charge on any atom is 0.472 e. The number of quaternary nitrogens is 1. The Morgan fingerprint density at radius 3 is 2.11 bits per heavy atom. The van der Waals surface area contributed by atoms with Crippen molar-refractivity contribution in [3.8, 4) is 0 Å². The highest BCUT2D eigenvalue weighted by atomic mass is 31.2. The predicted octanol–water partition coefficient (Wildman–Crippen LogP) is 1.58. The molecule has 0 bridgehead atoms. The molecule has 0 fully saturated rings. The van der Waals surface area contributed by atoms with Gasteiger partial charge < -0.3 is 14.9 Å². The van der Waals surface area contributed by atoms with E-state index < -0.39 is 7.82 Å². The van der Waals surface area contributed by atoms with Crippen LogP contribution >= 0.6 is 7.82 Å². The Kier molecular flexibility index (Phi) is 11.2. The van der Waals surface area contributed by atoms with Crippen molar-refractivity contribution in [1.29, 1.82) is 0 Å². The van der Waals surface area contributed by atoms with Crippen LogP contribution in [0.5, 0.6) is 0 Å². The highest BCUT2D eigenvalue weighted by Crippen LogP contribution is 2.43. The van der Waals surface area contributed by atoms with Gasteiger partial charge in [0.1, 0.15) is 13.2 Å². The molecule has 7 heteroatoms. The number of likely N-dealkylation sites (N-methyl/N-ethyl adjacent to an activating group) is 1. The molecule has 0 radical (unpaired) electrons. The largest absolute Gasteiger partial charge is 0.472 e. The van der Waals surface area contributed by atoms with E-state index in [0.29, 0.717) is 11.0 Å². The SMILES string of the molecule is CCCCCCOP(=O)(O)OCC[N+](C)(C)C.O. The zero-order chi connectivity index (χ0) is 13.4. The normalized spacial score (nSPS) is 14.9. The van der Waals surface area contributed by atoms with Crippen molar-refractivity contribution in [3.05, 3.63) is 0 Å². The van der Waals surface area contributed by atoms with Crippen LogP contribution in [0.15, 0.2) is 0 Å². The van der Waals surface area contributed by atoms with Crippen molar-refractivity contribution < 1.29 is 28.5 Å². The van der Waals surface area contributed by atoms with Gasteiger partial charge in [-0.2, -0.15) is 0 Å². The molecule has 0 aliphatic heterocycles. The minimum atomic E-state index is -3.84.